The molecule has 1 aliphatic rings. The van der Waals surface area contributed by atoms with E-state index in [4.69, 9.17) is 5.26 Å². The van der Waals surface area contributed by atoms with E-state index in [-0.39, 0.29) is 1.43 Å². The fourth-order valence-corrected chi connectivity index (χ4v) is 3.62. The number of rotatable bonds is 3. The molecular weight excluding hydrogens is 340 g/mol. The van der Waals surface area contributed by atoms with Crippen LogP contribution < -0.4 is 10.6 Å². The van der Waals surface area contributed by atoms with Crippen molar-refractivity contribution in [2.75, 3.05) is 18.4 Å². The van der Waals surface area contributed by atoms with Crippen LogP contribution in [0.5, 0.6) is 0 Å². The molecule has 4 rings (SSSR count). The quantitative estimate of drug-likeness (QED) is 0.555. The van der Waals surface area contributed by atoms with Crippen molar-refractivity contribution in [3.8, 4) is 6.07 Å². The highest BCUT2D eigenvalue weighted by atomic mass is 16.2. The molecule has 1 aromatic heterocycles. The Labute approximate surface area is 157 Å². The number of nitrogens with zero attached hydrogens (tertiary/aromatic N) is 2. The summed E-state index contributed by atoms with van der Waals surface area (Å²) in [5.41, 5.74) is 3.20. The molecule has 0 unspecified atom stereocenters. The van der Waals surface area contributed by atoms with Crippen molar-refractivity contribution in [2.45, 2.75) is 13.0 Å². The molecule has 6 heteroatoms. The summed E-state index contributed by atoms with van der Waals surface area (Å²) in [5, 5.41) is 15.8. The first-order chi connectivity index (χ1) is 13.2. The van der Waals surface area contributed by atoms with E-state index in [2.05, 4.69) is 15.2 Å². The van der Waals surface area contributed by atoms with E-state index in [1.165, 1.54) is 0 Å². The van der Waals surface area contributed by atoms with E-state index in [1.54, 1.807) is 24.3 Å². The molecule has 1 amide bonds. The van der Waals surface area contributed by atoms with Crippen LogP contribution in [0.3, 0.4) is 0 Å². The molecule has 2 aromatic carbocycles. The Morgan fingerprint density at radius 1 is 1.15 bits per heavy atom. The molecule has 0 bridgehead atoms. The van der Waals surface area contributed by atoms with Gasteiger partial charge in [0.05, 0.1) is 17.2 Å². The van der Waals surface area contributed by atoms with Crippen LogP contribution in [0, 0.1) is 11.3 Å². The van der Waals surface area contributed by atoms with E-state index in [0.29, 0.717) is 23.2 Å². The molecular formula is C21H20N4O2. The number of aromatic nitrogens is 1. The summed E-state index contributed by atoms with van der Waals surface area (Å²) in [5.74, 6) is -1.24. The van der Waals surface area contributed by atoms with Crippen molar-refractivity contribution in [3.05, 3.63) is 65.4 Å². The number of anilines is 1. The number of carbonyl (C=O) groups is 2. The third-order valence-electron chi connectivity index (χ3n) is 4.81. The Bertz CT molecular complexity index is 1100. The molecule has 0 fully saturated rings. The van der Waals surface area contributed by atoms with Crippen molar-refractivity contribution in [3.63, 3.8) is 0 Å². The standard InChI is InChI=1S/C21H18N4O2.H2/c22-13-14-4-3-5-15(12-14)24-21(27)20(26)19-16-6-1-2-7-17(16)25-11-10-23-9-8-18(19)25;/h1-7,12,23H,8-11H2,(H,24,27);1H. The summed E-state index contributed by atoms with van der Waals surface area (Å²) in [6.45, 7) is 2.35. The number of carbonyl (C=O) groups excluding carboxylic acids is 2. The number of nitriles is 1. The minimum Gasteiger partial charge on any atom is -0.343 e. The lowest BCUT2D eigenvalue weighted by molar-refractivity contribution is -0.112. The van der Waals surface area contributed by atoms with Gasteiger partial charge in [-0.1, -0.05) is 24.3 Å². The van der Waals surface area contributed by atoms with E-state index in [9.17, 15) is 9.59 Å². The molecule has 2 heterocycles. The molecule has 0 spiro atoms. The number of benzene rings is 2. The number of Topliss-reactive ketones (excluding diaryl/α,β-unsaturated/α-hetero) is 1. The average molecular weight is 360 g/mol. The van der Waals surface area contributed by atoms with E-state index < -0.39 is 11.7 Å². The highest BCUT2D eigenvalue weighted by Crippen LogP contribution is 2.28. The second kappa shape index (κ2) is 7.06. The summed E-state index contributed by atoms with van der Waals surface area (Å²) in [6, 6.07) is 16.2. The zero-order valence-corrected chi connectivity index (χ0v) is 14.7. The molecule has 3 aromatic rings. The highest BCUT2D eigenvalue weighted by molar-refractivity contribution is 6.48. The normalized spacial score (nSPS) is 13.4. The number of fused-ring (bicyclic) bond motifs is 3. The van der Waals surface area contributed by atoms with Crippen LogP contribution >= 0.6 is 0 Å². The van der Waals surface area contributed by atoms with Gasteiger partial charge in [0.2, 0.25) is 0 Å². The average Bonchev–Trinajstić information content (AvgIpc) is 2.83. The number of ketones is 1. The third-order valence-corrected chi connectivity index (χ3v) is 4.81. The van der Waals surface area contributed by atoms with Crippen molar-refractivity contribution in [2.24, 2.45) is 0 Å². The van der Waals surface area contributed by atoms with Gasteiger partial charge in [0.15, 0.2) is 0 Å². The lowest BCUT2D eigenvalue weighted by Gasteiger charge is -2.08. The van der Waals surface area contributed by atoms with Crippen LogP contribution in [-0.4, -0.2) is 29.3 Å². The first-order valence-corrected chi connectivity index (χ1v) is 8.85. The van der Waals surface area contributed by atoms with Gasteiger partial charge in [0.25, 0.3) is 11.7 Å². The zero-order chi connectivity index (χ0) is 18.8. The van der Waals surface area contributed by atoms with Gasteiger partial charge in [-0.05, 0) is 24.3 Å². The molecule has 136 valence electrons. The van der Waals surface area contributed by atoms with Crippen molar-refractivity contribution in [1.82, 2.24) is 9.88 Å². The van der Waals surface area contributed by atoms with E-state index in [1.807, 2.05) is 30.3 Å². The maximum absolute atomic E-state index is 13.1. The maximum atomic E-state index is 13.1. The topological polar surface area (TPSA) is 86.9 Å². The van der Waals surface area contributed by atoms with Crippen LogP contribution in [0.25, 0.3) is 10.9 Å². The fourth-order valence-electron chi connectivity index (χ4n) is 3.62. The molecule has 0 radical (unpaired) electrons. The predicted octanol–water partition coefficient (Wildman–Crippen LogP) is 2.73. The molecule has 0 atom stereocenters. The maximum Gasteiger partial charge on any atom is 0.296 e. The largest absolute Gasteiger partial charge is 0.343 e. The molecule has 0 saturated carbocycles. The summed E-state index contributed by atoms with van der Waals surface area (Å²) in [6.07, 6.45) is 0.687. The van der Waals surface area contributed by atoms with Crippen LogP contribution in [0.15, 0.2) is 48.5 Å². The minimum absolute atomic E-state index is 0. The van der Waals surface area contributed by atoms with Gasteiger partial charge in [-0.25, -0.2) is 0 Å². The number of para-hydroxylation sites is 1. The predicted molar refractivity (Wildman–Crippen MR) is 105 cm³/mol. The van der Waals surface area contributed by atoms with Crippen LogP contribution in [0.2, 0.25) is 0 Å². The van der Waals surface area contributed by atoms with Gasteiger partial charge in [-0.3, -0.25) is 9.59 Å². The monoisotopic (exact) mass is 360 g/mol. The molecule has 0 saturated heterocycles. The smallest absolute Gasteiger partial charge is 0.296 e. The van der Waals surface area contributed by atoms with Gasteiger partial charge >= 0.3 is 0 Å². The number of amides is 1. The van der Waals surface area contributed by atoms with Gasteiger partial charge < -0.3 is 15.2 Å². The second-order valence-corrected chi connectivity index (χ2v) is 6.47. The Hall–Kier alpha value is -3.43. The SMILES string of the molecule is N#Cc1cccc(NC(=O)C(=O)c2c3n(c4ccccc24)CCNCC3)c1.[HH]. The van der Waals surface area contributed by atoms with Crippen LogP contribution in [0.4, 0.5) is 5.69 Å². The Morgan fingerprint density at radius 3 is 2.85 bits per heavy atom. The minimum atomic E-state index is -0.693. The summed E-state index contributed by atoms with van der Waals surface area (Å²) in [4.78, 5) is 25.7. The second-order valence-electron chi connectivity index (χ2n) is 6.47. The van der Waals surface area contributed by atoms with E-state index >= 15 is 0 Å². The Balaban J connectivity index is 0.00000225. The van der Waals surface area contributed by atoms with Crippen molar-refractivity contribution >= 4 is 28.3 Å². The van der Waals surface area contributed by atoms with Gasteiger partial charge in [0, 0.05) is 49.8 Å². The van der Waals surface area contributed by atoms with Crippen LogP contribution in [-0.2, 0) is 17.8 Å². The number of hydrogen-bond donors (Lipinski definition) is 2. The molecule has 0 aliphatic carbocycles. The zero-order valence-electron chi connectivity index (χ0n) is 14.7. The lowest BCUT2D eigenvalue weighted by atomic mass is 10.0. The third kappa shape index (κ3) is 3.09. The Kier molecular flexibility index (Phi) is 4.45. The molecule has 2 N–H and O–H groups in total. The molecule has 6 nitrogen and oxygen atoms in total. The van der Waals surface area contributed by atoms with Gasteiger partial charge in [-0.15, -0.1) is 0 Å². The van der Waals surface area contributed by atoms with E-state index in [0.717, 1.165) is 36.2 Å². The highest BCUT2D eigenvalue weighted by Gasteiger charge is 2.27. The number of hydrogen-bond acceptors (Lipinski definition) is 4. The summed E-state index contributed by atoms with van der Waals surface area (Å²) >= 11 is 0. The first kappa shape index (κ1) is 17.0. The summed E-state index contributed by atoms with van der Waals surface area (Å²) < 4.78 is 2.13. The van der Waals surface area contributed by atoms with Gasteiger partial charge in [-0.2, -0.15) is 5.26 Å². The first-order valence-electron chi connectivity index (χ1n) is 8.85. The molecule has 27 heavy (non-hydrogen) atoms. The van der Waals surface area contributed by atoms with Crippen LogP contribution in [0.1, 0.15) is 23.0 Å². The number of nitrogens with one attached hydrogen (secondary N) is 2. The fraction of sp³-hybridized carbons (Fsp3) is 0.190. The Morgan fingerprint density at radius 2 is 2.00 bits per heavy atom. The van der Waals surface area contributed by atoms with Crippen molar-refractivity contribution < 1.29 is 11.0 Å². The van der Waals surface area contributed by atoms with Crippen molar-refractivity contribution in [1.29, 1.82) is 5.26 Å². The summed E-state index contributed by atoms with van der Waals surface area (Å²) in [7, 11) is 0. The molecule has 1 aliphatic heterocycles. The van der Waals surface area contributed by atoms with Gasteiger partial charge in [0.1, 0.15) is 0 Å². The lowest BCUT2D eigenvalue weighted by Crippen LogP contribution is -2.24.